The van der Waals surface area contributed by atoms with Gasteiger partial charge in [-0.1, -0.05) is 12.1 Å². The molecular weight excluding hydrogens is 268 g/mol. The second kappa shape index (κ2) is 5.58. The standard InChI is InChI=1S/C14H14N6O/c1-19-9-15-7-13(19)14(21)17-6-11-3-2-4-12(5-11)20-10-16-8-18-20/h2-5,7-10H,6H2,1H3,(H,17,21). The third kappa shape index (κ3) is 2.81. The van der Waals surface area contributed by atoms with Crippen molar-refractivity contribution in [2.24, 2.45) is 7.05 Å². The highest BCUT2D eigenvalue weighted by atomic mass is 16.1. The van der Waals surface area contributed by atoms with Gasteiger partial charge in [0.05, 0.1) is 18.2 Å². The van der Waals surface area contributed by atoms with Crippen LogP contribution in [0.15, 0.2) is 49.4 Å². The molecule has 1 N–H and O–H groups in total. The largest absolute Gasteiger partial charge is 0.347 e. The highest BCUT2D eigenvalue weighted by Gasteiger charge is 2.09. The Balaban J connectivity index is 1.70. The number of nitrogens with one attached hydrogen (secondary N) is 1. The first-order chi connectivity index (χ1) is 10.2. The first-order valence-corrected chi connectivity index (χ1v) is 6.42. The summed E-state index contributed by atoms with van der Waals surface area (Å²) in [7, 11) is 1.78. The molecule has 106 valence electrons. The summed E-state index contributed by atoms with van der Waals surface area (Å²) in [4.78, 5) is 19.9. The second-order valence-electron chi connectivity index (χ2n) is 4.58. The van der Waals surface area contributed by atoms with Crippen molar-refractivity contribution in [1.82, 2.24) is 29.6 Å². The lowest BCUT2D eigenvalue weighted by atomic mass is 10.2. The molecule has 3 aromatic rings. The molecule has 2 heterocycles. The molecule has 0 aliphatic rings. The van der Waals surface area contributed by atoms with Crippen LogP contribution in [0.2, 0.25) is 0 Å². The Bertz CT molecular complexity index is 746. The average Bonchev–Trinajstić information content (AvgIpc) is 3.16. The van der Waals surface area contributed by atoms with Gasteiger partial charge in [0, 0.05) is 13.6 Å². The molecule has 0 spiro atoms. The van der Waals surface area contributed by atoms with Crippen LogP contribution < -0.4 is 5.32 Å². The van der Waals surface area contributed by atoms with Gasteiger partial charge in [0.25, 0.3) is 5.91 Å². The van der Waals surface area contributed by atoms with Gasteiger partial charge in [-0.3, -0.25) is 4.79 Å². The maximum Gasteiger partial charge on any atom is 0.269 e. The van der Waals surface area contributed by atoms with E-state index in [0.717, 1.165) is 11.3 Å². The van der Waals surface area contributed by atoms with Gasteiger partial charge in [-0.05, 0) is 17.7 Å². The summed E-state index contributed by atoms with van der Waals surface area (Å²) in [6.07, 6.45) is 6.26. The van der Waals surface area contributed by atoms with E-state index in [1.165, 1.54) is 6.33 Å². The Morgan fingerprint density at radius 1 is 1.29 bits per heavy atom. The van der Waals surface area contributed by atoms with E-state index in [1.807, 2.05) is 24.3 Å². The van der Waals surface area contributed by atoms with Crippen molar-refractivity contribution < 1.29 is 4.79 Å². The number of aryl methyl sites for hydroxylation is 1. The van der Waals surface area contributed by atoms with Gasteiger partial charge in [-0.2, -0.15) is 5.10 Å². The van der Waals surface area contributed by atoms with E-state index >= 15 is 0 Å². The van der Waals surface area contributed by atoms with Crippen LogP contribution in [-0.4, -0.2) is 30.2 Å². The topological polar surface area (TPSA) is 77.6 Å². The fourth-order valence-electron chi connectivity index (χ4n) is 2.00. The van der Waals surface area contributed by atoms with Crippen molar-refractivity contribution in [1.29, 1.82) is 0 Å². The molecule has 0 bridgehead atoms. The summed E-state index contributed by atoms with van der Waals surface area (Å²) in [6.45, 7) is 0.437. The van der Waals surface area contributed by atoms with Gasteiger partial charge in [0.15, 0.2) is 0 Å². The van der Waals surface area contributed by atoms with E-state index in [0.29, 0.717) is 12.2 Å². The normalized spacial score (nSPS) is 10.5. The van der Waals surface area contributed by atoms with Crippen LogP contribution in [0.4, 0.5) is 0 Å². The number of hydrogen-bond acceptors (Lipinski definition) is 4. The number of rotatable bonds is 4. The van der Waals surface area contributed by atoms with Crippen molar-refractivity contribution in [2.45, 2.75) is 6.54 Å². The molecule has 0 saturated heterocycles. The zero-order valence-electron chi connectivity index (χ0n) is 11.5. The van der Waals surface area contributed by atoms with Crippen molar-refractivity contribution in [3.05, 3.63) is 60.7 Å². The summed E-state index contributed by atoms with van der Waals surface area (Å²) in [5.74, 6) is -0.152. The Morgan fingerprint density at radius 3 is 2.90 bits per heavy atom. The lowest BCUT2D eigenvalue weighted by Gasteiger charge is -2.07. The fraction of sp³-hybridized carbons (Fsp3) is 0.143. The molecule has 0 fully saturated rings. The van der Waals surface area contributed by atoms with Gasteiger partial charge in [-0.25, -0.2) is 14.6 Å². The number of carbonyl (C=O) groups is 1. The summed E-state index contributed by atoms with van der Waals surface area (Å²) >= 11 is 0. The molecule has 0 unspecified atom stereocenters. The smallest absolute Gasteiger partial charge is 0.269 e. The quantitative estimate of drug-likeness (QED) is 0.772. The molecule has 0 aliphatic carbocycles. The number of aromatic nitrogens is 5. The van der Waals surface area contributed by atoms with Crippen LogP contribution in [0, 0.1) is 0 Å². The highest BCUT2D eigenvalue weighted by molar-refractivity contribution is 5.92. The zero-order valence-corrected chi connectivity index (χ0v) is 11.5. The summed E-state index contributed by atoms with van der Waals surface area (Å²) in [5.41, 5.74) is 2.42. The molecule has 0 radical (unpaired) electrons. The van der Waals surface area contributed by atoms with Gasteiger partial charge in [0.2, 0.25) is 0 Å². The van der Waals surface area contributed by atoms with Crippen LogP contribution in [0.25, 0.3) is 5.69 Å². The predicted octanol–water partition coefficient (Wildman–Crippen LogP) is 0.931. The number of nitrogens with zero attached hydrogens (tertiary/aromatic N) is 5. The van der Waals surface area contributed by atoms with E-state index in [1.54, 1.807) is 35.1 Å². The van der Waals surface area contributed by atoms with Crippen molar-refractivity contribution >= 4 is 5.91 Å². The second-order valence-corrected chi connectivity index (χ2v) is 4.58. The third-order valence-corrected chi connectivity index (χ3v) is 3.10. The summed E-state index contributed by atoms with van der Waals surface area (Å²) in [6, 6.07) is 7.76. The number of imidazole rings is 1. The molecule has 1 aromatic carbocycles. The number of amides is 1. The first-order valence-electron chi connectivity index (χ1n) is 6.42. The minimum atomic E-state index is -0.152. The van der Waals surface area contributed by atoms with E-state index < -0.39 is 0 Å². The van der Waals surface area contributed by atoms with E-state index in [2.05, 4.69) is 20.4 Å². The molecule has 0 aliphatic heterocycles. The van der Waals surface area contributed by atoms with E-state index in [9.17, 15) is 4.79 Å². The minimum Gasteiger partial charge on any atom is -0.347 e. The number of benzene rings is 1. The molecule has 3 rings (SSSR count). The lowest BCUT2D eigenvalue weighted by Crippen LogP contribution is -2.24. The average molecular weight is 282 g/mol. The zero-order chi connectivity index (χ0) is 14.7. The molecule has 7 nitrogen and oxygen atoms in total. The Kier molecular flexibility index (Phi) is 3.46. The first kappa shape index (κ1) is 13.0. The predicted molar refractivity (Wildman–Crippen MR) is 75.7 cm³/mol. The van der Waals surface area contributed by atoms with E-state index in [4.69, 9.17) is 0 Å². The maximum atomic E-state index is 12.0. The molecule has 0 atom stereocenters. The van der Waals surface area contributed by atoms with Gasteiger partial charge in [0.1, 0.15) is 18.3 Å². The van der Waals surface area contributed by atoms with Crippen molar-refractivity contribution in [3.8, 4) is 5.69 Å². The fourth-order valence-corrected chi connectivity index (χ4v) is 2.00. The molecule has 7 heteroatoms. The molecule has 21 heavy (non-hydrogen) atoms. The third-order valence-electron chi connectivity index (χ3n) is 3.10. The van der Waals surface area contributed by atoms with Crippen LogP contribution in [0.5, 0.6) is 0 Å². The van der Waals surface area contributed by atoms with Crippen LogP contribution in [0.1, 0.15) is 16.1 Å². The summed E-state index contributed by atoms with van der Waals surface area (Å²) < 4.78 is 3.35. The van der Waals surface area contributed by atoms with Gasteiger partial charge >= 0.3 is 0 Å². The molecule has 0 saturated carbocycles. The summed E-state index contributed by atoms with van der Waals surface area (Å²) in [5, 5.41) is 6.95. The number of carbonyl (C=O) groups excluding carboxylic acids is 1. The Labute approximate surface area is 121 Å². The van der Waals surface area contributed by atoms with Crippen molar-refractivity contribution in [2.75, 3.05) is 0 Å². The van der Waals surface area contributed by atoms with Crippen LogP contribution in [-0.2, 0) is 13.6 Å². The Morgan fingerprint density at radius 2 is 2.19 bits per heavy atom. The Hall–Kier alpha value is -2.96. The minimum absolute atomic E-state index is 0.152. The van der Waals surface area contributed by atoms with Crippen LogP contribution >= 0.6 is 0 Å². The van der Waals surface area contributed by atoms with Crippen molar-refractivity contribution in [3.63, 3.8) is 0 Å². The molecule has 1 amide bonds. The van der Waals surface area contributed by atoms with Crippen LogP contribution in [0.3, 0.4) is 0 Å². The molecular formula is C14H14N6O. The highest BCUT2D eigenvalue weighted by Crippen LogP contribution is 2.09. The maximum absolute atomic E-state index is 12.0. The van der Waals surface area contributed by atoms with Gasteiger partial charge in [-0.15, -0.1) is 0 Å². The van der Waals surface area contributed by atoms with E-state index in [-0.39, 0.29) is 5.91 Å². The molecule has 2 aromatic heterocycles. The van der Waals surface area contributed by atoms with Gasteiger partial charge < -0.3 is 9.88 Å². The lowest BCUT2D eigenvalue weighted by molar-refractivity contribution is 0.0942. The monoisotopic (exact) mass is 282 g/mol. The number of hydrogen-bond donors (Lipinski definition) is 1. The SMILES string of the molecule is Cn1cncc1C(=O)NCc1cccc(-n2cncn2)c1.